The Morgan fingerprint density at radius 3 is 1.60 bits per heavy atom. The fraction of sp³-hybridized carbons (Fsp3) is 0.429. The Morgan fingerprint density at radius 2 is 1.28 bits per heavy atom. The molecule has 25 heavy (non-hydrogen) atoms. The number of methoxy groups -OCH3 is 2. The number of nitrogens with zero attached hydrogens (tertiary/aromatic N) is 1. The molecule has 1 fully saturated rings. The Labute approximate surface area is 150 Å². The molecule has 2 aromatic carbocycles. The smallest absolute Gasteiger partial charge is 0.118 e. The Balaban J connectivity index is 1.76. The average molecular weight is 341 g/mol. The summed E-state index contributed by atoms with van der Waals surface area (Å²) in [5.74, 6) is 1.72. The number of hydrogen-bond acceptors (Lipinski definition) is 4. The van der Waals surface area contributed by atoms with Crippen molar-refractivity contribution in [2.24, 2.45) is 0 Å². The van der Waals surface area contributed by atoms with E-state index in [9.17, 15) is 5.11 Å². The second-order valence-corrected chi connectivity index (χ2v) is 6.88. The zero-order valence-electron chi connectivity index (χ0n) is 15.2. The summed E-state index contributed by atoms with van der Waals surface area (Å²) in [7, 11) is 3.35. The van der Waals surface area contributed by atoms with Gasteiger partial charge in [0.25, 0.3) is 0 Å². The van der Waals surface area contributed by atoms with Crippen molar-refractivity contribution in [2.45, 2.75) is 44.5 Å². The highest BCUT2D eigenvalue weighted by Crippen LogP contribution is 2.41. The van der Waals surface area contributed by atoms with Gasteiger partial charge < -0.3 is 14.6 Å². The third kappa shape index (κ3) is 4.33. The fourth-order valence-electron chi connectivity index (χ4n) is 3.15. The Morgan fingerprint density at radius 1 is 0.880 bits per heavy atom. The van der Waals surface area contributed by atoms with Crippen molar-refractivity contribution in [3.63, 3.8) is 0 Å². The number of benzene rings is 2. The molecule has 1 saturated carbocycles. The summed E-state index contributed by atoms with van der Waals surface area (Å²) >= 11 is 0. The van der Waals surface area contributed by atoms with Gasteiger partial charge in [0, 0.05) is 19.1 Å². The second kappa shape index (κ2) is 7.46. The summed E-state index contributed by atoms with van der Waals surface area (Å²) in [4.78, 5) is 2.34. The van der Waals surface area contributed by atoms with E-state index in [-0.39, 0.29) is 6.04 Å². The predicted octanol–water partition coefficient (Wildman–Crippen LogP) is 3.62. The average Bonchev–Trinajstić information content (AvgIpc) is 3.40. The van der Waals surface area contributed by atoms with Crippen molar-refractivity contribution in [3.05, 3.63) is 59.7 Å². The number of ether oxygens (including phenoxy) is 2. The van der Waals surface area contributed by atoms with Gasteiger partial charge in [-0.1, -0.05) is 24.3 Å². The van der Waals surface area contributed by atoms with Gasteiger partial charge in [0.15, 0.2) is 0 Å². The molecule has 134 valence electrons. The number of aliphatic hydroxyl groups is 1. The van der Waals surface area contributed by atoms with Crippen LogP contribution in [0.25, 0.3) is 0 Å². The molecule has 0 spiro atoms. The molecule has 2 aromatic rings. The van der Waals surface area contributed by atoms with Gasteiger partial charge in [0.05, 0.1) is 19.8 Å². The molecule has 1 N–H and O–H groups in total. The van der Waals surface area contributed by atoms with Crippen LogP contribution in [0.3, 0.4) is 0 Å². The van der Waals surface area contributed by atoms with E-state index in [4.69, 9.17) is 9.47 Å². The van der Waals surface area contributed by atoms with Gasteiger partial charge in [-0.2, -0.15) is 0 Å². The first-order valence-corrected chi connectivity index (χ1v) is 8.76. The van der Waals surface area contributed by atoms with Crippen LogP contribution in [-0.2, 0) is 13.1 Å². The van der Waals surface area contributed by atoms with Gasteiger partial charge in [0.1, 0.15) is 11.5 Å². The van der Waals surface area contributed by atoms with Crippen molar-refractivity contribution >= 4 is 0 Å². The minimum atomic E-state index is -0.543. The molecule has 1 atom stereocenters. The maximum atomic E-state index is 10.6. The fourth-order valence-corrected chi connectivity index (χ4v) is 3.15. The van der Waals surface area contributed by atoms with Crippen LogP contribution in [0.1, 0.15) is 30.9 Å². The first kappa shape index (κ1) is 17.8. The highest BCUT2D eigenvalue weighted by atomic mass is 16.5. The van der Waals surface area contributed by atoms with E-state index in [0.29, 0.717) is 0 Å². The molecule has 0 saturated heterocycles. The van der Waals surface area contributed by atoms with Crippen LogP contribution in [0.15, 0.2) is 48.5 Å². The molecular formula is C21H27NO3. The zero-order chi connectivity index (χ0) is 17.9. The van der Waals surface area contributed by atoms with Crippen LogP contribution in [0.4, 0.5) is 0 Å². The maximum absolute atomic E-state index is 10.6. The normalized spacial score (nSPS) is 16.5. The first-order valence-electron chi connectivity index (χ1n) is 8.76. The molecular weight excluding hydrogens is 314 g/mol. The van der Waals surface area contributed by atoms with Crippen LogP contribution in [0, 0.1) is 0 Å². The summed E-state index contributed by atoms with van der Waals surface area (Å²) in [6.07, 6.45) is 1.77. The van der Waals surface area contributed by atoms with E-state index in [1.54, 1.807) is 14.2 Å². The standard InChI is InChI=1S/C21H27NO3/c1-16(21(23)12-13-21)22(14-17-4-8-19(24-2)9-5-17)15-18-6-10-20(25-3)11-7-18/h4-11,16,23H,12-15H2,1-3H3/t16-/m0/s1. The molecule has 0 bridgehead atoms. The van der Waals surface area contributed by atoms with E-state index in [2.05, 4.69) is 36.1 Å². The van der Waals surface area contributed by atoms with Crippen molar-refractivity contribution in [1.82, 2.24) is 4.90 Å². The van der Waals surface area contributed by atoms with Gasteiger partial charge in [0.2, 0.25) is 0 Å². The lowest BCUT2D eigenvalue weighted by atomic mass is 10.1. The molecule has 1 aliphatic carbocycles. The monoisotopic (exact) mass is 341 g/mol. The molecule has 0 heterocycles. The zero-order valence-corrected chi connectivity index (χ0v) is 15.2. The van der Waals surface area contributed by atoms with Gasteiger partial charge in [-0.05, 0) is 55.2 Å². The highest BCUT2D eigenvalue weighted by molar-refractivity contribution is 5.29. The van der Waals surface area contributed by atoms with Crippen molar-refractivity contribution < 1.29 is 14.6 Å². The van der Waals surface area contributed by atoms with E-state index in [0.717, 1.165) is 37.4 Å². The van der Waals surface area contributed by atoms with Crippen LogP contribution in [-0.4, -0.2) is 35.9 Å². The minimum absolute atomic E-state index is 0.108. The molecule has 0 amide bonds. The molecule has 0 aromatic heterocycles. The van der Waals surface area contributed by atoms with Crippen molar-refractivity contribution in [1.29, 1.82) is 0 Å². The maximum Gasteiger partial charge on any atom is 0.118 e. The number of hydrogen-bond donors (Lipinski definition) is 1. The lowest BCUT2D eigenvalue weighted by molar-refractivity contribution is 0.0299. The van der Waals surface area contributed by atoms with Gasteiger partial charge >= 0.3 is 0 Å². The van der Waals surface area contributed by atoms with E-state index in [1.807, 2.05) is 24.3 Å². The third-order valence-electron chi connectivity index (χ3n) is 5.18. The summed E-state index contributed by atoms with van der Waals surface area (Å²) in [5.41, 5.74) is 1.88. The lowest BCUT2D eigenvalue weighted by Gasteiger charge is -2.33. The summed E-state index contributed by atoms with van der Waals surface area (Å²) < 4.78 is 10.5. The summed E-state index contributed by atoms with van der Waals surface area (Å²) in [6.45, 7) is 3.71. The van der Waals surface area contributed by atoms with E-state index >= 15 is 0 Å². The Hall–Kier alpha value is -2.04. The predicted molar refractivity (Wildman–Crippen MR) is 98.9 cm³/mol. The van der Waals surface area contributed by atoms with Gasteiger partial charge in [-0.25, -0.2) is 0 Å². The molecule has 3 rings (SSSR count). The molecule has 0 aliphatic heterocycles. The van der Waals surface area contributed by atoms with Crippen LogP contribution >= 0.6 is 0 Å². The van der Waals surface area contributed by atoms with Gasteiger partial charge in [-0.3, -0.25) is 4.90 Å². The highest BCUT2D eigenvalue weighted by Gasteiger charge is 2.47. The lowest BCUT2D eigenvalue weighted by Crippen LogP contribution is -2.42. The first-order chi connectivity index (χ1) is 12.0. The van der Waals surface area contributed by atoms with Crippen LogP contribution < -0.4 is 9.47 Å². The molecule has 4 nitrogen and oxygen atoms in total. The third-order valence-corrected chi connectivity index (χ3v) is 5.18. The SMILES string of the molecule is COc1ccc(CN(Cc2ccc(OC)cc2)[C@@H](C)C2(O)CC2)cc1. The van der Waals surface area contributed by atoms with Crippen LogP contribution in [0.2, 0.25) is 0 Å². The van der Waals surface area contributed by atoms with E-state index < -0.39 is 5.60 Å². The Kier molecular flexibility index (Phi) is 5.30. The summed E-state index contributed by atoms with van der Waals surface area (Å²) in [5, 5.41) is 10.6. The van der Waals surface area contributed by atoms with Crippen LogP contribution in [0.5, 0.6) is 11.5 Å². The molecule has 4 heteroatoms. The van der Waals surface area contributed by atoms with Crippen molar-refractivity contribution in [2.75, 3.05) is 14.2 Å². The second-order valence-electron chi connectivity index (χ2n) is 6.88. The quantitative estimate of drug-likeness (QED) is 0.796. The summed E-state index contributed by atoms with van der Waals surface area (Å²) in [6, 6.07) is 16.4. The number of rotatable bonds is 8. The molecule has 0 radical (unpaired) electrons. The Bertz CT molecular complexity index is 628. The van der Waals surface area contributed by atoms with E-state index in [1.165, 1.54) is 11.1 Å². The largest absolute Gasteiger partial charge is 0.497 e. The van der Waals surface area contributed by atoms with Crippen molar-refractivity contribution in [3.8, 4) is 11.5 Å². The molecule has 1 aliphatic rings. The minimum Gasteiger partial charge on any atom is -0.497 e. The topological polar surface area (TPSA) is 41.9 Å². The molecule has 0 unspecified atom stereocenters. The van der Waals surface area contributed by atoms with Gasteiger partial charge in [-0.15, -0.1) is 0 Å².